The number of benzene rings is 2. The highest BCUT2D eigenvalue weighted by Crippen LogP contribution is 2.30. The zero-order chi connectivity index (χ0) is 20.6. The van der Waals surface area contributed by atoms with Crippen LogP contribution in [0.25, 0.3) is 22.0 Å². The van der Waals surface area contributed by atoms with Gasteiger partial charge in [0.2, 0.25) is 5.91 Å². The third-order valence-corrected chi connectivity index (χ3v) is 4.84. The number of aromatic nitrogens is 2. The quantitative estimate of drug-likeness (QED) is 0.332. The molecule has 0 bridgehead atoms. The molecule has 0 aliphatic rings. The van der Waals surface area contributed by atoms with E-state index < -0.39 is 0 Å². The van der Waals surface area contributed by atoms with Crippen molar-refractivity contribution in [1.29, 1.82) is 0 Å². The van der Waals surface area contributed by atoms with Crippen molar-refractivity contribution in [2.75, 3.05) is 18.4 Å². The minimum Gasteiger partial charge on any atom is -0.325 e. The highest BCUT2D eigenvalue weighted by atomic mass is 35.5. The summed E-state index contributed by atoms with van der Waals surface area (Å²) >= 11 is 6.28. The molecular formula is C22H24Cl2N4O2. The molecule has 0 saturated heterocycles. The molecule has 0 unspecified atom stereocenters. The van der Waals surface area contributed by atoms with E-state index >= 15 is 0 Å². The molecule has 3 rings (SSSR count). The number of hydrogen-bond donors (Lipinski definition) is 3. The van der Waals surface area contributed by atoms with Crippen LogP contribution < -0.4 is 16.2 Å². The van der Waals surface area contributed by atoms with Gasteiger partial charge in [0, 0.05) is 23.9 Å². The first-order valence-electron chi connectivity index (χ1n) is 9.49. The Morgan fingerprint density at radius 3 is 2.70 bits per heavy atom. The van der Waals surface area contributed by atoms with Gasteiger partial charge in [0.05, 0.1) is 21.8 Å². The molecular weight excluding hydrogens is 423 g/mol. The third-order valence-electron chi connectivity index (χ3n) is 4.51. The number of nitrogens with zero attached hydrogens (tertiary/aromatic N) is 1. The lowest BCUT2D eigenvalue weighted by Crippen LogP contribution is -2.16. The smallest absolute Gasteiger partial charge is 0.272 e. The highest BCUT2D eigenvalue weighted by Gasteiger charge is 2.12. The van der Waals surface area contributed by atoms with Crippen molar-refractivity contribution in [2.45, 2.75) is 19.3 Å². The van der Waals surface area contributed by atoms with Gasteiger partial charge in [-0.15, -0.1) is 19.0 Å². The number of H-pyrrole nitrogens is 1. The Balaban J connectivity index is 0.00000320. The van der Waals surface area contributed by atoms with Crippen molar-refractivity contribution < 1.29 is 4.79 Å². The molecule has 3 N–H and O–H groups in total. The maximum Gasteiger partial charge on any atom is 0.272 e. The molecule has 0 fully saturated rings. The largest absolute Gasteiger partial charge is 0.325 e. The van der Waals surface area contributed by atoms with E-state index in [4.69, 9.17) is 11.6 Å². The maximum atomic E-state index is 12.3. The van der Waals surface area contributed by atoms with E-state index in [-0.39, 0.29) is 23.9 Å². The van der Waals surface area contributed by atoms with Gasteiger partial charge in [0.25, 0.3) is 5.56 Å². The Morgan fingerprint density at radius 2 is 1.93 bits per heavy atom. The number of carbonyl (C=O) groups is 1. The molecule has 1 heterocycles. The second-order valence-corrected chi connectivity index (χ2v) is 7.05. The minimum atomic E-state index is -0.241. The Morgan fingerprint density at radius 1 is 1.17 bits per heavy atom. The Labute approximate surface area is 186 Å². The summed E-state index contributed by atoms with van der Waals surface area (Å²) in [5, 5.41) is 14.6. The van der Waals surface area contributed by atoms with E-state index in [1.165, 1.54) is 0 Å². The summed E-state index contributed by atoms with van der Waals surface area (Å²) in [5.74, 6) is -0.0907. The van der Waals surface area contributed by atoms with Crippen molar-refractivity contribution in [1.82, 2.24) is 15.5 Å². The van der Waals surface area contributed by atoms with Crippen molar-refractivity contribution in [3.8, 4) is 11.3 Å². The Bertz CT molecular complexity index is 1080. The standard InChI is InChI=1S/C22H23ClN4O2.ClH/c1-2-12-24-13-6-5-9-20(28)25-19-14-15(10-11-18(19)23)21-16-7-3-4-8-17(16)22(29)27-26-21;/h2-4,7-8,10-11,14,24H,1,5-6,9,12-13H2,(H,25,28)(H,27,29);1H. The van der Waals surface area contributed by atoms with Crippen LogP contribution in [0.4, 0.5) is 5.69 Å². The average molecular weight is 447 g/mol. The van der Waals surface area contributed by atoms with Gasteiger partial charge in [-0.2, -0.15) is 5.10 Å². The van der Waals surface area contributed by atoms with Crippen LogP contribution in [0.5, 0.6) is 0 Å². The van der Waals surface area contributed by atoms with Gasteiger partial charge in [-0.25, -0.2) is 5.10 Å². The molecule has 8 heteroatoms. The summed E-state index contributed by atoms with van der Waals surface area (Å²) in [6.07, 6.45) is 3.90. The number of anilines is 1. The molecule has 3 aromatic rings. The predicted molar refractivity (Wildman–Crippen MR) is 126 cm³/mol. The summed E-state index contributed by atoms with van der Waals surface area (Å²) in [7, 11) is 0. The van der Waals surface area contributed by atoms with Gasteiger partial charge in [-0.05, 0) is 37.6 Å². The fourth-order valence-electron chi connectivity index (χ4n) is 3.06. The first-order chi connectivity index (χ1) is 14.1. The maximum absolute atomic E-state index is 12.3. The predicted octanol–water partition coefficient (Wildman–Crippen LogP) is 4.55. The summed E-state index contributed by atoms with van der Waals surface area (Å²) in [5.41, 5.74) is 1.66. The fraction of sp³-hybridized carbons (Fsp3) is 0.227. The number of nitrogens with one attached hydrogen (secondary N) is 3. The van der Waals surface area contributed by atoms with Crippen LogP contribution in [0, 0.1) is 0 Å². The SMILES string of the molecule is C=CCNCCCCC(=O)Nc1cc(-c2n[nH]c(=O)c3ccccc23)ccc1Cl.Cl. The van der Waals surface area contributed by atoms with E-state index in [1.54, 1.807) is 18.2 Å². The summed E-state index contributed by atoms with van der Waals surface area (Å²) < 4.78 is 0. The average Bonchev–Trinajstić information content (AvgIpc) is 2.73. The number of unbranched alkanes of at least 4 members (excludes halogenated alkanes) is 1. The van der Waals surface area contributed by atoms with Crippen LogP contribution in [0.1, 0.15) is 19.3 Å². The molecule has 2 aromatic carbocycles. The Kier molecular flexibility index (Phi) is 9.05. The Hall–Kier alpha value is -2.67. The van der Waals surface area contributed by atoms with E-state index in [0.29, 0.717) is 28.2 Å². The van der Waals surface area contributed by atoms with Crippen LogP contribution in [-0.2, 0) is 4.79 Å². The van der Waals surface area contributed by atoms with E-state index in [1.807, 2.05) is 30.3 Å². The molecule has 1 aromatic heterocycles. The second kappa shape index (κ2) is 11.5. The van der Waals surface area contributed by atoms with Crippen molar-refractivity contribution in [3.05, 3.63) is 70.5 Å². The van der Waals surface area contributed by atoms with Crippen molar-refractivity contribution >= 4 is 46.4 Å². The lowest BCUT2D eigenvalue weighted by Gasteiger charge is -2.11. The van der Waals surface area contributed by atoms with Crippen molar-refractivity contribution in [2.24, 2.45) is 0 Å². The van der Waals surface area contributed by atoms with E-state index in [2.05, 4.69) is 27.4 Å². The second-order valence-electron chi connectivity index (χ2n) is 6.64. The lowest BCUT2D eigenvalue weighted by molar-refractivity contribution is -0.116. The number of aromatic amines is 1. The van der Waals surface area contributed by atoms with Gasteiger partial charge in [0.15, 0.2) is 0 Å². The summed E-state index contributed by atoms with van der Waals surface area (Å²) in [4.78, 5) is 24.3. The van der Waals surface area contributed by atoms with Crippen LogP contribution in [0.2, 0.25) is 5.02 Å². The summed E-state index contributed by atoms with van der Waals surface area (Å²) in [6, 6.07) is 12.6. The van der Waals surface area contributed by atoms with E-state index in [9.17, 15) is 9.59 Å². The van der Waals surface area contributed by atoms with Crippen molar-refractivity contribution in [3.63, 3.8) is 0 Å². The first kappa shape index (κ1) is 23.6. The highest BCUT2D eigenvalue weighted by molar-refractivity contribution is 6.33. The summed E-state index contributed by atoms with van der Waals surface area (Å²) in [6.45, 7) is 5.26. The first-order valence-corrected chi connectivity index (χ1v) is 9.86. The number of halogens is 2. The molecule has 0 spiro atoms. The number of carbonyl (C=O) groups excluding carboxylic acids is 1. The molecule has 0 saturated carbocycles. The van der Waals surface area contributed by atoms with Crippen LogP contribution in [0.15, 0.2) is 59.9 Å². The van der Waals surface area contributed by atoms with Gasteiger partial charge in [-0.1, -0.05) is 41.9 Å². The normalized spacial score (nSPS) is 10.4. The number of fused-ring (bicyclic) bond motifs is 1. The topological polar surface area (TPSA) is 86.9 Å². The van der Waals surface area contributed by atoms with Gasteiger partial charge in [-0.3, -0.25) is 9.59 Å². The van der Waals surface area contributed by atoms with Gasteiger partial charge < -0.3 is 10.6 Å². The monoisotopic (exact) mass is 446 g/mol. The molecule has 0 radical (unpaired) electrons. The third kappa shape index (κ3) is 5.92. The molecule has 0 atom stereocenters. The van der Waals surface area contributed by atoms with Crippen LogP contribution >= 0.6 is 24.0 Å². The van der Waals surface area contributed by atoms with Gasteiger partial charge in [0.1, 0.15) is 0 Å². The fourth-order valence-corrected chi connectivity index (χ4v) is 3.22. The molecule has 6 nitrogen and oxygen atoms in total. The van der Waals surface area contributed by atoms with Crippen LogP contribution in [0.3, 0.4) is 0 Å². The zero-order valence-electron chi connectivity index (χ0n) is 16.4. The molecule has 0 aliphatic carbocycles. The number of amides is 1. The van der Waals surface area contributed by atoms with Crippen LogP contribution in [-0.4, -0.2) is 29.2 Å². The van der Waals surface area contributed by atoms with E-state index in [0.717, 1.165) is 36.9 Å². The molecule has 0 aliphatic heterocycles. The molecule has 158 valence electrons. The lowest BCUT2D eigenvalue weighted by atomic mass is 10.0. The molecule has 30 heavy (non-hydrogen) atoms. The molecule has 1 amide bonds. The minimum absolute atomic E-state index is 0. The zero-order valence-corrected chi connectivity index (χ0v) is 18.0. The number of rotatable bonds is 9. The number of hydrogen-bond acceptors (Lipinski definition) is 4. The van der Waals surface area contributed by atoms with Gasteiger partial charge >= 0.3 is 0 Å².